The number of nitrogens with two attached hydrogens (primary N) is 1. The average Bonchev–Trinajstić information content (AvgIpc) is 2.81. The van der Waals surface area contributed by atoms with Crippen LogP contribution in [0.25, 0.3) is 0 Å². The van der Waals surface area contributed by atoms with Gasteiger partial charge in [0.05, 0.1) is 0 Å². The number of hydrogen-bond acceptors (Lipinski definition) is 3. The second-order valence-electron chi connectivity index (χ2n) is 6.30. The lowest BCUT2D eigenvalue weighted by molar-refractivity contribution is 0.353. The first-order valence-electron chi connectivity index (χ1n) is 7.60. The molecule has 0 radical (unpaired) electrons. The van der Waals surface area contributed by atoms with Gasteiger partial charge in [0.1, 0.15) is 0 Å². The SMILES string of the molecule is Cl.NC1CCC2CN(S(=O)(=O)N3CCCCCC3)CC12. The lowest BCUT2D eigenvalue weighted by atomic mass is 9.98. The smallest absolute Gasteiger partial charge is 0.281 e. The van der Waals surface area contributed by atoms with Crippen molar-refractivity contribution in [2.24, 2.45) is 17.6 Å². The molecule has 0 aromatic rings. The first-order valence-corrected chi connectivity index (χ1v) is 8.99. The Bertz CT molecular complexity index is 423. The number of hydrogen-bond donors (Lipinski definition) is 1. The van der Waals surface area contributed by atoms with Gasteiger partial charge in [-0.3, -0.25) is 0 Å². The summed E-state index contributed by atoms with van der Waals surface area (Å²) in [5.41, 5.74) is 6.09. The highest BCUT2D eigenvalue weighted by atomic mass is 35.5. The number of fused-ring (bicyclic) bond motifs is 1. The Morgan fingerprint density at radius 2 is 1.55 bits per heavy atom. The zero-order valence-corrected chi connectivity index (χ0v) is 13.5. The molecule has 118 valence electrons. The van der Waals surface area contributed by atoms with Crippen LogP contribution < -0.4 is 5.73 Å². The fourth-order valence-corrected chi connectivity index (χ4v) is 5.68. The summed E-state index contributed by atoms with van der Waals surface area (Å²) < 4.78 is 28.8. The topological polar surface area (TPSA) is 66.6 Å². The van der Waals surface area contributed by atoms with Crippen molar-refractivity contribution >= 4 is 22.6 Å². The van der Waals surface area contributed by atoms with Crippen LogP contribution in [0.1, 0.15) is 38.5 Å². The van der Waals surface area contributed by atoms with E-state index in [0.717, 1.165) is 38.5 Å². The Balaban J connectivity index is 0.00000147. The Hall–Kier alpha value is 0.120. The van der Waals surface area contributed by atoms with E-state index in [1.807, 2.05) is 0 Å². The largest absolute Gasteiger partial charge is 0.327 e. The molecule has 3 rings (SSSR count). The lowest BCUT2D eigenvalue weighted by Crippen LogP contribution is -2.44. The van der Waals surface area contributed by atoms with Crippen LogP contribution in [-0.2, 0) is 10.2 Å². The van der Waals surface area contributed by atoms with Crippen molar-refractivity contribution in [1.29, 1.82) is 0 Å². The van der Waals surface area contributed by atoms with Crippen LogP contribution in [0.4, 0.5) is 0 Å². The van der Waals surface area contributed by atoms with Crippen molar-refractivity contribution in [2.45, 2.75) is 44.6 Å². The predicted octanol–water partition coefficient (Wildman–Crippen LogP) is 1.20. The Labute approximate surface area is 128 Å². The van der Waals surface area contributed by atoms with Crippen molar-refractivity contribution in [2.75, 3.05) is 26.2 Å². The summed E-state index contributed by atoms with van der Waals surface area (Å²) in [5, 5.41) is 0. The summed E-state index contributed by atoms with van der Waals surface area (Å²) in [5.74, 6) is 0.888. The van der Waals surface area contributed by atoms with Gasteiger partial charge >= 0.3 is 0 Å². The molecule has 5 nitrogen and oxygen atoms in total. The standard InChI is InChI=1S/C13H25N3O2S.ClH/c14-13-6-5-11-9-16(10-12(11)13)19(17,18)15-7-3-1-2-4-8-15;/h11-13H,1-10,14H2;1H. The van der Waals surface area contributed by atoms with Crippen molar-refractivity contribution in [1.82, 2.24) is 8.61 Å². The van der Waals surface area contributed by atoms with E-state index in [1.165, 1.54) is 0 Å². The highest BCUT2D eigenvalue weighted by Gasteiger charge is 2.46. The van der Waals surface area contributed by atoms with Gasteiger partial charge in [0.25, 0.3) is 10.2 Å². The van der Waals surface area contributed by atoms with E-state index in [1.54, 1.807) is 8.61 Å². The molecule has 3 fully saturated rings. The van der Waals surface area contributed by atoms with Gasteiger partial charge in [-0.15, -0.1) is 12.4 Å². The fraction of sp³-hybridized carbons (Fsp3) is 1.00. The average molecular weight is 324 g/mol. The molecule has 1 saturated carbocycles. The third kappa shape index (κ3) is 2.99. The van der Waals surface area contributed by atoms with Crippen LogP contribution in [0.3, 0.4) is 0 Å². The minimum atomic E-state index is -3.24. The summed E-state index contributed by atoms with van der Waals surface area (Å²) in [6, 6.07) is 0.203. The molecule has 0 aromatic carbocycles. The molecule has 3 unspecified atom stereocenters. The maximum Gasteiger partial charge on any atom is 0.281 e. The maximum absolute atomic E-state index is 12.7. The molecule has 1 aliphatic carbocycles. The van der Waals surface area contributed by atoms with Crippen LogP contribution in [0.2, 0.25) is 0 Å². The molecule has 0 spiro atoms. The molecule has 20 heavy (non-hydrogen) atoms. The van der Waals surface area contributed by atoms with Crippen molar-refractivity contribution < 1.29 is 8.42 Å². The second-order valence-corrected chi connectivity index (χ2v) is 8.23. The first kappa shape index (κ1) is 16.5. The van der Waals surface area contributed by atoms with Crippen LogP contribution in [0, 0.1) is 11.8 Å². The Morgan fingerprint density at radius 1 is 0.900 bits per heavy atom. The predicted molar refractivity (Wildman–Crippen MR) is 82.0 cm³/mol. The molecular weight excluding hydrogens is 298 g/mol. The quantitative estimate of drug-likeness (QED) is 0.830. The van der Waals surface area contributed by atoms with Crippen molar-refractivity contribution in [3.05, 3.63) is 0 Å². The molecule has 2 heterocycles. The molecule has 3 atom stereocenters. The highest BCUT2D eigenvalue weighted by molar-refractivity contribution is 7.86. The first-order chi connectivity index (χ1) is 9.09. The fourth-order valence-electron chi connectivity index (χ4n) is 3.89. The summed E-state index contributed by atoms with van der Waals surface area (Å²) in [6.45, 7) is 2.72. The molecule has 2 N–H and O–H groups in total. The summed E-state index contributed by atoms with van der Waals surface area (Å²) >= 11 is 0. The van der Waals surface area contributed by atoms with E-state index in [9.17, 15) is 8.42 Å². The highest BCUT2D eigenvalue weighted by Crippen LogP contribution is 2.38. The number of halogens is 1. The van der Waals surface area contributed by atoms with Gasteiger partial charge < -0.3 is 5.73 Å². The third-order valence-corrected chi connectivity index (χ3v) is 7.06. The van der Waals surface area contributed by atoms with E-state index < -0.39 is 10.2 Å². The Kier molecular flexibility index (Phi) is 5.34. The maximum atomic E-state index is 12.7. The van der Waals surface area contributed by atoms with Crippen LogP contribution in [0.15, 0.2) is 0 Å². The Morgan fingerprint density at radius 3 is 2.15 bits per heavy atom. The van der Waals surface area contributed by atoms with Crippen LogP contribution in [0.5, 0.6) is 0 Å². The van der Waals surface area contributed by atoms with Gasteiger partial charge in [0.2, 0.25) is 0 Å². The van der Waals surface area contributed by atoms with Crippen molar-refractivity contribution in [3.63, 3.8) is 0 Å². The van der Waals surface area contributed by atoms with Gasteiger partial charge in [0, 0.05) is 32.2 Å². The lowest BCUT2D eigenvalue weighted by Gasteiger charge is -2.27. The zero-order valence-electron chi connectivity index (χ0n) is 11.9. The monoisotopic (exact) mass is 323 g/mol. The molecule has 2 saturated heterocycles. The van der Waals surface area contributed by atoms with Gasteiger partial charge in [-0.25, -0.2) is 0 Å². The summed E-state index contributed by atoms with van der Waals surface area (Å²) in [4.78, 5) is 0. The van der Waals surface area contributed by atoms with E-state index in [4.69, 9.17) is 5.73 Å². The van der Waals surface area contributed by atoms with E-state index in [2.05, 4.69) is 0 Å². The third-order valence-electron chi connectivity index (χ3n) is 5.10. The number of rotatable bonds is 2. The van der Waals surface area contributed by atoms with E-state index in [0.29, 0.717) is 38.0 Å². The van der Waals surface area contributed by atoms with E-state index >= 15 is 0 Å². The molecule has 0 aromatic heterocycles. The van der Waals surface area contributed by atoms with Gasteiger partial charge in [-0.1, -0.05) is 12.8 Å². The zero-order chi connectivity index (χ0) is 13.5. The molecular formula is C13H26ClN3O2S. The van der Waals surface area contributed by atoms with Crippen LogP contribution in [-0.4, -0.2) is 49.2 Å². The van der Waals surface area contributed by atoms with E-state index in [-0.39, 0.29) is 18.4 Å². The second kappa shape index (κ2) is 6.48. The number of nitrogens with zero attached hydrogens (tertiary/aromatic N) is 2. The molecule has 3 aliphatic rings. The van der Waals surface area contributed by atoms with Gasteiger partial charge in [0.15, 0.2) is 0 Å². The summed E-state index contributed by atoms with van der Waals surface area (Å²) in [7, 11) is -3.24. The minimum Gasteiger partial charge on any atom is -0.327 e. The molecule has 7 heteroatoms. The minimum absolute atomic E-state index is 0. The normalized spacial score (nSPS) is 36.4. The molecule has 2 aliphatic heterocycles. The molecule has 0 amide bonds. The van der Waals surface area contributed by atoms with Crippen molar-refractivity contribution in [3.8, 4) is 0 Å². The van der Waals surface area contributed by atoms with Gasteiger partial charge in [-0.2, -0.15) is 17.0 Å². The summed E-state index contributed by atoms with van der Waals surface area (Å²) in [6.07, 6.45) is 6.47. The molecule has 0 bridgehead atoms. The van der Waals surface area contributed by atoms with Gasteiger partial charge in [-0.05, 0) is 37.5 Å². The van der Waals surface area contributed by atoms with Crippen LogP contribution >= 0.6 is 12.4 Å².